The summed E-state index contributed by atoms with van der Waals surface area (Å²) in [4.78, 5) is 11.9. The van der Waals surface area contributed by atoms with Gasteiger partial charge in [0.2, 0.25) is 10.1 Å². The molecule has 7 heteroatoms. The molecule has 0 aliphatic heterocycles. The lowest BCUT2D eigenvalue weighted by Crippen LogP contribution is -2.26. The molecule has 2 heterocycles. The second kappa shape index (κ2) is 5.63. The van der Waals surface area contributed by atoms with Crippen molar-refractivity contribution in [3.05, 3.63) is 29.2 Å². The summed E-state index contributed by atoms with van der Waals surface area (Å²) in [6.45, 7) is 4.56. The van der Waals surface area contributed by atoms with Gasteiger partial charge in [-0.2, -0.15) is 0 Å². The quantitative estimate of drug-likeness (QED) is 0.865. The molecule has 0 saturated heterocycles. The SMILES string of the molecule is CCNc1nnc(C(=O)NC(C)c2ccco2)s1. The van der Waals surface area contributed by atoms with Crippen LogP contribution in [0.1, 0.15) is 35.5 Å². The van der Waals surface area contributed by atoms with Crippen LogP contribution in [0, 0.1) is 0 Å². The zero-order chi connectivity index (χ0) is 13.0. The summed E-state index contributed by atoms with van der Waals surface area (Å²) in [5.74, 6) is 0.459. The van der Waals surface area contributed by atoms with Crippen LogP contribution in [0.5, 0.6) is 0 Å². The highest BCUT2D eigenvalue weighted by Crippen LogP contribution is 2.17. The third kappa shape index (κ3) is 2.86. The van der Waals surface area contributed by atoms with Crippen LogP contribution in [0.2, 0.25) is 0 Å². The number of carbonyl (C=O) groups is 1. The maximum absolute atomic E-state index is 11.9. The molecule has 0 saturated carbocycles. The van der Waals surface area contributed by atoms with Crippen LogP contribution in [0.15, 0.2) is 22.8 Å². The van der Waals surface area contributed by atoms with Crippen molar-refractivity contribution in [2.75, 3.05) is 11.9 Å². The van der Waals surface area contributed by atoms with Gasteiger partial charge in [-0.3, -0.25) is 4.79 Å². The number of hydrogen-bond donors (Lipinski definition) is 2. The van der Waals surface area contributed by atoms with Crippen molar-refractivity contribution in [2.45, 2.75) is 19.9 Å². The standard InChI is InChI=1S/C11H14N4O2S/c1-3-12-11-15-14-10(18-11)9(16)13-7(2)8-5-4-6-17-8/h4-7H,3H2,1-2H3,(H,12,15)(H,13,16). The van der Waals surface area contributed by atoms with Gasteiger partial charge in [-0.1, -0.05) is 11.3 Å². The van der Waals surface area contributed by atoms with Crippen LogP contribution >= 0.6 is 11.3 Å². The average Bonchev–Trinajstić information content (AvgIpc) is 3.00. The second-order valence-electron chi connectivity index (χ2n) is 3.65. The maximum Gasteiger partial charge on any atom is 0.282 e. The molecule has 0 radical (unpaired) electrons. The van der Waals surface area contributed by atoms with E-state index in [4.69, 9.17) is 4.42 Å². The minimum Gasteiger partial charge on any atom is -0.467 e. The molecule has 96 valence electrons. The minimum absolute atomic E-state index is 0.195. The fourth-order valence-electron chi connectivity index (χ4n) is 1.40. The predicted octanol–water partition coefficient (Wildman–Crippen LogP) is 2.05. The van der Waals surface area contributed by atoms with E-state index in [1.165, 1.54) is 11.3 Å². The second-order valence-corrected chi connectivity index (χ2v) is 4.63. The largest absolute Gasteiger partial charge is 0.467 e. The van der Waals surface area contributed by atoms with Crippen molar-refractivity contribution in [3.8, 4) is 0 Å². The van der Waals surface area contributed by atoms with Crippen molar-refractivity contribution < 1.29 is 9.21 Å². The lowest BCUT2D eigenvalue weighted by molar-refractivity contribution is 0.0934. The van der Waals surface area contributed by atoms with Crippen molar-refractivity contribution in [1.82, 2.24) is 15.5 Å². The fourth-order valence-corrected chi connectivity index (χ4v) is 2.12. The molecule has 0 aliphatic carbocycles. The number of rotatable bonds is 5. The maximum atomic E-state index is 11.9. The molecular weight excluding hydrogens is 252 g/mol. The van der Waals surface area contributed by atoms with Gasteiger partial charge in [0.15, 0.2) is 0 Å². The molecule has 2 rings (SSSR count). The van der Waals surface area contributed by atoms with Gasteiger partial charge in [-0.05, 0) is 26.0 Å². The van der Waals surface area contributed by atoms with E-state index < -0.39 is 0 Å². The number of nitrogens with one attached hydrogen (secondary N) is 2. The molecule has 18 heavy (non-hydrogen) atoms. The van der Waals surface area contributed by atoms with Crippen LogP contribution in [-0.4, -0.2) is 22.6 Å². The Hall–Kier alpha value is -1.89. The topological polar surface area (TPSA) is 80.0 Å². The highest BCUT2D eigenvalue weighted by molar-refractivity contribution is 7.17. The summed E-state index contributed by atoms with van der Waals surface area (Å²) >= 11 is 1.23. The van der Waals surface area contributed by atoms with Gasteiger partial charge in [0, 0.05) is 6.54 Å². The molecular formula is C11H14N4O2S. The van der Waals surface area contributed by atoms with Crippen molar-refractivity contribution in [1.29, 1.82) is 0 Å². The lowest BCUT2D eigenvalue weighted by Gasteiger charge is -2.09. The summed E-state index contributed by atoms with van der Waals surface area (Å²) in [5.41, 5.74) is 0. The zero-order valence-corrected chi connectivity index (χ0v) is 11.0. The Morgan fingerprint density at radius 2 is 2.39 bits per heavy atom. The molecule has 6 nitrogen and oxygen atoms in total. The van der Waals surface area contributed by atoms with Crippen molar-refractivity contribution >= 4 is 22.4 Å². The Morgan fingerprint density at radius 1 is 1.56 bits per heavy atom. The molecule has 2 aromatic rings. The molecule has 2 aromatic heterocycles. The Bertz CT molecular complexity index is 509. The summed E-state index contributed by atoms with van der Waals surface area (Å²) in [7, 11) is 0. The van der Waals surface area contributed by atoms with Crippen LogP contribution in [0.25, 0.3) is 0 Å². The Labute approximate surface area is 108 Å². The minimum atomic E-state index is -0.249. The highest BCUT2D eigenvalue weighted by atomic mass is 32.1. The third-order valence-electron chi connectivity index (χ3n) is 2.26. The first-order valence-electron chi connectivity index (χ1n) is 5.62. The molecule has 0 aromatic carbocycles. The predicted molar refractivity (Wildman–Crippen MR) is 68.7 cm³/mol. The van der Waals surface area contributed by atoms with E-state index in [-0.39, 0.29) is 11.9 Å². The number of furan rings is 1. The van der Waals surface area contributed by atoms with Crippen molar-refractivity contribution in [3.63, 3.8) is 0 Å². The average molecular weight is 266 g/mol. The van der Waals surface area contributed by atoms with E-state index in [0.717, 1.165) is 6.54 Å². The monoisotopic (exact) mass is 266 g/mol. The van der Waals surface area contributed by atoms with E-state index in [1.54, 1.807) is 12.3 Å². The van der Waals surface area contributed by atoms with E-state index >= 15 is 0 Å². The summed E-state index contributed by atoms with van der Waals surface area (Å²) in [6.07, 6.45) is 1.58. The number of nitrogens with zero attached hydrogens (tertiary/aromatic N) is 2. The van der Waals surface area contributed by atoms with Crippen LogP contribution in [0.3, 0.4) is 0 Å². The lowest BCUT2D eigenvalue weighted by atomic mass is 10.2. The first kappa shape index (κ1) is 12.6. The molecule has 0 fully saturated rings. The van der Waals surface area contributed by atoms with Gasteiger partial charge in [0.1, 0.15) is 5.76 Å². The highest BCUT2D eigenvalue weighted by Gasteiger charge is 2.17. The van der Waals surface area contributed by atoms with Crippen LogP contribution in [-0.2, 0) is 0 Å². The number of amides is 1. The molecule has 1 amide bonds. The van der Waals surface area contributed by atoms with Gasteiger partial charge in [0.25, 0.3) is 5.91 Å². The molecule has 1 atom stereocenters. The van der Waals surface area contributed by atoms with Gasteiger partial charge < -0.3 is 15.1 Å². The summed E-state index contributed by atoms with van der Waals surface area (Å²) in [6, 6.07) is 3.40. The first-order valence-corrected chi connectivity index (χ1v) is 6.44. The molecule has 2 N–H and O–H groups in total. The van der Waals surface area contributed by atoms with Gasteiger partial charge in [-0.25, -0.2) is 0 Å². The van der Waals surface area contributed by atoms with E-state index in [0.29, 0.717) is 15.9 Å². The van der Waals surface area contributed by atoms with Gasteiger partial charge in [0.05, 0.1) is 12.3 Å². The molecule has 0 aliphatic rings. The Balaban J connectivity index is 1.98. The number of carbonyl (C=O) groups excluding carboxylic acids is 1. The van der Waals surface area contributed by atoms with E-state index in [9.17, 15) is 4.79 Å². The van der Waals surface area contributed by atoms with Gasteiger partial charge in [-0.15, -0.1) is 10.2 Å². The number of anilines is 1. The zero-order valence-electron chi connectivity index (χ0n) is 10.1. The third-order valence-corrected chi connectivity index (χ3v) is 3.14. The number of hydrogen-bond acceptors (Lipinski definition) is 6. The van der Waals surface area contributed by atoms with Crippen LogP contribution in [0.4, 0.5) is 5.13 Å². The fraction of sp³-hybridized carbons (Fsp3) is 0.364. The van der Waals surface area contributed by atoms with Crippen LogP contribution < -0.4 is 10.6 Å². The first-order chi connectivity index (χ1) is 8.70. The normalized spacial score (nSPS) is 12.1. The molecule has 0 spiro atoms. The Kier molecular flexibility index (Phi) is 3.93. The summed E-state index contributed by atoms with van der Waals surface area (Å²) < 4.78 is 5.22. The number of aromatic nitrogens is 2. The van der Waals surface area contributed by atoms with E-state index in [1.807, 2.05) is 19.9 Å². The smallest absolute Gasteiger partial charge is 0.282 e. The summed E-state index contributed by atoms with van der Waals surface area (Å²) in [5, 5.41) is 14.5. The Morgan fingerprint density at radius 3 is 3.06 bits per heavy atom. The molecule has 1 unspecified atom stereocenters. The van der Waals surface area contributed by atoms with Gasteiger partial charge >= 0.3 is 0 Å². The van der Waals surface area contributed by atoms with E-state index in [2.05, 4.69) is 20.8 Å². The molecule has 0 bridgehead atoms. The van der Waals surface area contributed by atoms with Crippen molar-refractivity contribution in [2.24, 2.45) is 0 Å².